The number of hydrogen-bond donors (Lipinski definition) is 1. The van der Waals surface area contributed by atoms with Crippen molar-refractivity contribution in [2.75, 3.05) is 32.1 Å². The van der Waals surface area contributed by atoms with Gasteiger partial charge in [0.1, 0.15) is 6.61 Å². The van der Waals surface area contributed by atoms with Crippen LogP contribution in [0.15, 0.2) is 72.9 Å². The topological polar surface area (TPSA) is 68.6 Å². The van der Waals surface area contributed by atoms with Crippen LogP contribution in [0.5, 0.6) is 11.5 Å². The quantitative estimate of drug-likeness (QED) is 0.304. The van der Waals surface area contributed by atoms with E-state index in [-0.39, 0.29) is 5.91 Å². The average molecular weight is 499 g/mol. The SMILES string of the molecule is COc1cc(CCC(=O)Nc2ccc3cnn(CCN4CCCC4)c3c2)ccc1OCc1ccccc1. The van der Waals surface area contributed by atoms with Crippen LogP contribution in [0, 0.1) is 0 Å². The van der Waals surface area contributed by atoms with Gasteiger partial charge in [0.25, 0.3) is 0 Å². The van der Waals surface area contributed by atoms with Crippen LogP contribution in [0.4, 0.5) is 5.69 Å². The molecule has 1 aliphatic rings. The minimum atomic E-state index is -0.0224. The summed E-state index contributed by atoms with van der Waals surface area (Å²) in [4.78, 5) is 15.2. The van der Waals surface area contributed by atoms with Crippen LogP contribution in [0.2, 0.25) is 0 Å². The predicted octanol–water partition coefficient (Wildman–Crippen LogP) is 5.29. The number of aromatic nitrogens is 2. The van der Waals surface area contributed by atoms with E-state index in [0.29, 0.717) is 30.9 Å². The smallest absolute Gasteiger partial charge is 0.224 e. The molecule has 5 rings (SSSR count). The maximum atomic E-state index is 12.7. The lowest BCUT2D eigenvalue weighted by molar-refractivity contribution is -0.116. The molecule has 0 bridgehead atoms. The van der Waals surface area contributed by atoms with Crippen molar-refractivity contribution >= 4 is 22.5 Å². The molecule has 0 radical (unpaired) electrons. The highest BCUT2D eigenvalue weighted by molar-refractivity contribution is 5.93. The number of methoxy groups -OCH3 is 1. The second-order valence-corrected chi connectivity index (χ2v) is 9.50. The highest BCUT2D eigenvalue weighted by atomic mass is 16.5. The molecular formula is C30H34N4O3. The molecule has 2 heterocycles. The Morgan fingerprint density at radius 2 is 1.78 bits per heavy atom. The molecule has 37 heavy (non-hydrogen) atoms. The Morgan fingerprint density at radius 3 is 2.59 bits per heavy atom. The molecule has 1 aliphatic heterocycles. The zero-order valence-electron chi connectivity index (χ0n) is 21.4. The number of amides is 1. The van der Waals surface area contributed by atoms with Gasteiger partial charge in [0.2, 0.25) is 5.91 Å². The van der Waals surface area contributed by atoms with Crippen molar-refractivity contribution in [3.8, 4) is 11.5 Å². The van der Waals surface area contributed by atoms with Gasteiger partial charge in [-0.2, -0.15) is 5.10 Å². The molecule has 1 N–H and O–H groups in total. The van der Waals surface area contributed by atoms with Gasteiger partial charge in [0.15, 0.2) is 11.5 Å². The first-order chi connectivity index (χ1) is 18.2. The Kier molecular flexibility index (Phi) is 8.01. The summed E-state index contributed by atoms with van der Waals surface area (Å²) < 4.78 is 13.5. The van der Waals surface area contributed by atoms with E-state index in [4.69, 9.17) is 9.47 Å². The molecule has 1 saturated heterocycles. The first kappa shape index (κ1) is 24.8. The third kappa shape index (κ3) is 6.49. The lowest BCUT2D eigenvalue weighted by Crippen LogP contribution is -2.24. The van der Waals surface area contributed by atoms with Gasteiger partial charge in [-0.3, -0.25) is 9.48 Å². The number of fused-ring (bicyclic) bond motifs is 1. The van der Waals surface area contributed by atoms with Gasteiger partial charge in [0.05, 0.1) is 25.4 Å². The van der Waals surface area contributed by atoms with E-state index in [0.717, 1.165) is 40.8 Å². The van der Waals surface area contributed by atoms with Crippen molar-refractivity contribution in [3.63, 3.8) is 0 Å². The normalized spacial score (nSPS) is 13.6. The lowest BCUT2D eigenvalue weighted by Gasteiger charge is -2.14. The summed E-state index contributed by atoms with van der Waals surface area (Å²) in [5.74, 6) is 1.33. The van der Waals surface area contributed by atoms with Crippen molar-refractivity contribution in [2.24, 2.45) is 0 Å². The number of nitrogens with one attached hydrogen (secondary N) is 1. The highest BCUT2D eigenvalue weighted by Crippen LogP contribution is 2.29. The Labute approximate surface area is 218 Å². The summed E-state index contributed by atoms with van der Waals surface area (Å²) >= 11 is 0. The summed E-state index contributed by atoms with van der Waals surface area (Å²) in [7, 11) is 1.63. The van der Waals surface area contributed by atoms with Crippen LogP contribution in [-0.2, 0) is 24.4 Å². The largest absolute Gasteiger partial charge is 0.493 e. The Bertz CT molecular complexity index is 1330. The number of likely N-dealkylation sites (tertiary alicyclic amines) is 1. The van der Waals surface area contributed by atoms with Gasteiger partial charge in [-0.15, -0.1) is 0 Å². The number of ether oxygens (including phenoxy) is 2. The van der Waals surface area contributed by atoms with E-state index in [1.54, 1.807) is 7.11 Å². The number of carbonyl (C=O) groups excluding carboxylic acids is 1. The predicted molar refractivity (Wildman–Crippen MR) is 146 cm³/mol. The molecule has 7 heteroatoms. The molecular weight excluding hydrogens is 464 g/mol. The van der Waals surface area contributed by atoms with E-state index < -0.39 is 0 Å². The van der Waals surface area contributed by atoms with Crippen molar-refractivity contribution < 1.29 is 14.3 Å². The van der Waals surface area contributed by atoms with Crippen LogP contribution >= 0.6 is 0 Å². The molecule has 1 aromatic heterocycles. The molecule has 192 valence electrons. The second-order valence-electron chi connectivity index (χ2n) is 9.50. The van der Waals surface area contributed by atoms with Crippen LogP contribution in [-0.4, -0.2) is 47.3 Å². The minimum absolute atomic E-state index is 0.0224. The van der Waals surface area contributed by atoms with Gasteiger partial charge in [-0.25, -0.2) is 0 Å². The van der Waals surface area contributed by atoms with Crippen LogP contribution in [0.25, 0.3) is 10.9 Å². The zero-order valence-corrected chi connectivity index (χ0v) is 21.4. The summed E-state index contributed by atoms with van der Waals surface area (Å²) in [6, 6.07) is 21.8. The maximum Gasteiger partial charge on any atom is 0.224 e. The molecule has 7 nitrogen and oxygen atoms in total. The molecule has 0 spiro atoms. The third-order valence-electron chi connectivity index (χ3n) is 6.86. The minimum Gasteiger partial charge on any atom is -0.493 e. The fraction of sp³-hybridized carbons (Fsp3) is 0.333. The number of anilines is 1. The molecule has 0 saturated carbocycles. The van der Waals surface area contributed by atoms with E-state index in [2.05, 4.69) is 15.3 Å². The van der Waals surface area contributed by atoms with Crippen LogP contribution in [0.1, 0.15) is 30.4 Å². The van der Waals surface area contributed by atoms with Crippen LogP contribution in [0.3, 0.4) is 0 Å². The van der Waals surface area contributed by atoms with E-state index in [9.17, 15) is 4.79 Å². The highest BCUT2D eigenvalue weighted by Gasteiger charge is 2.13. The number of benzene rings is 3. The van der Waals surface area contributed by atoms with Crippen molar-refractivity contribution in [2.45, 2.75) is 38.8 Å². The maximum absolute atomic E-state index is 12.7. The molecule has 4 aromatic rings. The number of rotatable bonds is 11. The molecule has 0 aliphatic carbocycles. The Morgan fingerprint density at radius 1 is 0.946 bits per heavy atom. The van der Waals surface area contributed by atoms with Gasteiger partial charge in [-0.05, 0) is 73.8 Å². The van der Waals surface area contributed by atoms with E-state index in [1.165, 1.54) is 25.9 Å². The van der Waals surface area contributed by atoms with E-state index >= 15 is 0 Å². The standard InChI is InChI=1S/C30H34N4O3/c1-36-29-19-23(9-13-28(29)37-22-24-7-3-2-4-8-24)10-14-30(35)32-26-12-11-25-21-31-34(27(25)20-26)18-17-33-15-5-6-16-33/h2-4,7-9,11-13,19-21H,5-6,10,14-18,22H2,1H3,(H,32,35). The molecule has 0 atom stereocenters. The Hall–Kier alpha value is -3.84. The summed E-state index contributed by atoms with van der Waals surface area (Å²) in [5, 5.41) is 8.70. The molecule has 0 unspecified atom stereocenters. The number of aryl methyl sites for hydroxylation is 1. The fourth-order valence-electron chi connectivity index (χ4n) is 4.77. The number of nitrogens with zero attached hydrogens (tertiary/aromatic N) is 3. The molecule has 1 amide bonds. The first-order valence-electron chi connectivity index (χ1n) is 13.0. The average Bonchev–Trinajstić information content (AvgIpc) is 3.60. The second kappa shape index (κ2) is 11.9. The van der Waals surface area contributed by atoms with Crippen molar-refractivity contribution in [3.05, 3.63) is 84.1 Å². The number of hydrogen-bond acceptors (Lipinski definition) is 5. The van der Waals surface area contributed by atoms with Gasteiger partial charge >= 0.3 is 0 Å². The van der Waals surface area contributed by atoms with Crippen molar-refractivity contribution in [1.29, 1.82) is 0 Å². The monoisotopic (exact) mass is 498 g/mol. The molecule has 1 fully saturated rings. The summed E-state index contributed by atoms with van der Waals surface area (Å²) in [5.41, 5.74) is 3.96. The molecule has 3 aromatic carbocycles. The fourth-order valence-corrected chi connectivity index (χ4v) is 4.77. The first-order valence-corrected chi connectivity index (χ1v) is 13.0. The van der Waals surface area contributed by atoms with E-state index in [1.807, 2.05) is 77.6 Å². The lowest BCUT2D eigenvalue weighted by atomic mass is 10.1. The summed E-state index contributed by atoms with van der Waals surface area (Å²) in [6.07, 6.45) is 5.45. The number of carbonyl (C=O) groups is 1. The van der Waals surface area contributed by atoms with Crippen LogP contribution < -0.4 is 14.8 Å². The third-order valence-corrected chi connectivity index (χ3v) is 6.86. The Balaban J connectivity index is 1.15. The van der Waals surface area contributed by atoms with Gasteiger partial charge in [0, 0.05) is 24.0 Å². The van der Waals surface area contributed by atoms with Gasteiger partial charge < -0.3 is 19.7 Å². The van der Waals surface area contributed by atoms with Crippen molar-refractivity contribution in [1.82, 2.24) is 14.7 Å². The zero-order chi connectivity index (χ0) is 25.5. The summed E-state index contributed by atoms with van der Waals surface area (Å²) in [6.45, 7) is 4.69. The van der Waals surface area contributed by atoms with Gasteiger partial charge in [-0.1, -0.05) is 36.4 Å².